The molecule has 1 aromatic heterocycles. The van der Waals surface area contributed by atoms with E-state index in [9.17, 15) is 0 Å². The van der Waals surface area contributed by atoms with Gasteiger partial charge in [-0.05, 0) is 11.8 Å². The van der Waals surface area contributed by atoms with Crippen LogP contribution in [0.1, 0.15) is 38.9 Å². The van der Waals surface area contributed by atoms with Crippen molar-refractivity contribution >= 4 is 11.6 Å². The van der Waals surface area contributed by atoms with Gasteiger partial charge in [-0.15, -0.1) is 0 Å². The van der Waals surface area contributed by atoms with Gasteiger partial charge in [0.25, 0.3) is 0 Å². The predicted octanol–water partition coefficient (Wildman–Crippen LogP) is 2.62. The largest absolute Gasteiger partial charge is 0.383 e. The average molecular weight is 260 g/mol. The van der Waals surface area contributed by atoms with Gasteiger partial charge in [0, 0.05) is 7.11 Å². The van der Waals surface area contributed by atoms with Crippen molar-refractivity contribution in [3.63, 3.8) is 0 Å². The fourth-order valence-electron chi connectivity index (χ4n) is 1.63. The summed E-state index contributed by atoms with van der Waals surface area (Å²) in [5.74, 6) is 0. The molecule has 0 aliphatic carbocycles. The van der Waals surface area contributed by atoms with E-state index in [2.05, 4.69) is 25.9 Å². The molecule has 0 fully saturated rings. The van der Waals surface area contributed by atoms with Gasteiger partial charge in [-0.1, -0.05) is 32.4 Å². The van der Waals surface area contributed by atoms with E-state index in [-0.39, 0.29) is 11.5 Å². The van der Waals surface area contributed by atoms with Crippen LogP contribution < -0.4 is 5.73 Å². The van der Waals surface area contributed by atoms with Crippen molar-refractivity contribution in [1.82, 2.24) is 9.78 Å². The van der Waals surface area contributed by atoms with E-state index >= 15 is 0 Å². The lowest BCUT2D eigenvalue weighted by Crippen LogP contribution is -2.31. The highest BCUT2D eigenvalue weighted by molar-refractivity contribution is 6.31. The molecule has 0 amide bonds. The molecule has 0 radical (unpaired) electrons. The van der Waals surface area contributed by atoms with Gasteiger partial charge < -0.3 is 10.5 Å². The minimum Gasteiger partial charge on any atom is -0.383 e. The molecule has 1 aromatic rings. The third-order valence-corrected chi connectivity index (χ3v) is 3.68. The molecule has 1 rings (SSSR count). The Labute approximate surface area is 108 Å². The summed E-state index contributed by atoms with van der Waals surface area (Å²) in [5.41, 5.74) is 7.21. The van der Waals surface area contributed by atoms with Crippen molar-refractivity contribution in [2.45, 2.75) is 39.8 Å². The Morgan fingerprint density at radius 3 is 2.76 bits per heavy atom. The normalized spacial score (nSPS) is 14.0. The fraction of sp³-hybridized carbons (Fsp3) is 0.750. The van der Waals surface area contributed by atoms with Crippen LogP contribution >= 0.6 is 11.6 Å². The maximum Gasteiger partial charge on any atom is 0.0834 e. The Hall–Kier alpha value is -0.580. The number of ether oxygens (including phenoxy) is 1. The standard InChI is InChI=1S/C12H22ClN3O/c1-5-12(2,3)11(14)10-9(13)8-15-16(10)6-7-17-4/h8,11H,5-7,14H2,1-4H3. The minimum absolute atomic E-state index is 0.00546. The summed E-state index contributed by atoms with van der Waals surface area (Å²) >= 11 is 6.18. The van der Waals surface area contributed by atoms with Gasteiger partial charge in [-0.2, -0.15) is 5.10 Å². The molecule has 1 atom stereocenters. The van der Waals surface area contributed by atoms with E-state index in [4.69, 9.17) is 22.1 Å². The maximum absolute atomic E-state index is 6.32. The summed E-state index contributed by atoms with van der Waals surface area (Å²) in [5, 5.41) is 4.88. The van der Waals surface area contributed by atoms with Crippen LogP contribution in [0, 0.1) is 5.41 Å². The van der Waals surface area contributed by atoms with Crippen LogP contribution in [0.3, 0.4) is 0 Å². The SMILES string of the molecule is CCC(C)(C)C(N)c1c(Cl)cnn1CCOC. The Kier molecular flexibility index (Phi) is 4.98. The molecule has 4 nitrogen and oxygen atoms in total. The fourth-order valence-corrected chi connectivity index (χ4v) is 1.89. The van der Waals surface area contributed by atoms with Crippen LogP contribution in [0.15, 0.2) is 6.20 Å². The molecule has 0 spiro atoms. The first-order valence-electron chi connectivity index (χ1n) is 5.89. The summed E-state index contributed by atoms with van der Waals surface area (Å²) in [6.45, 7) is 7.68. The zero-order valence-corrected chi connectivity index (χ0v) is 11.8. The van der Waals surface area contributed by atoms with Crippen molar-refractivity contribution < 1.29 is 4.74 Å². The van der Waals surface area contributed by atoms with Gasteiger partial charge in [0.05, 0.1) is 36.1 Å². The number of methoxy groups -OCH3 is 1. The Balaban J connectivity index is 2.99. The van der Waals surface area contributed by atoms with E-state index in [1.54, 1.807) is 13.3 Å². The zero-order valence-electron chi connectivity index (χ0n) is 11.0. The average Bonchev–Trinajstić information content (AvgIpc) is 2.66. The van der Waals surface area contributed by atoms with Gasteiger partial charge in [-0.3, -0.25) is 4.68 Å². The Morgan fingerprint density at radius 2 is 2.24 bits per heavy atom. The quantitative estimate of drug-likeness (QED) is 0.854. The van der Waals surface area contributed by atoms with E-state index in [1.165, 1.54) is 0 Å². The van der Waals surface area contributed by atoms with E-state index < -0.39 is 0 Å². The van der Waals surface area contributed by atoms with Gasteiger partial charge in [0.15, 0.2) is 0 Å². The molecule has 0 aliphatic heterocycles. The minimum atomic E-state index is -0.126. The smallest absolute Gasteiger partial charge is 0.0834 e. The van der Waals surface area contributed by atoms with Crippen LogP contribution in [-0.2, 0) is 11.3 Å². The number of aromatic nitrogens is 2. The maximum atomic E-state index is 6.32. The number of hydrogen-bond acceptors (Lipinski definition) is 3. The number of hydrogen-bond donors (Lipinski definition) is 1. The van der Waals surface area contributed by atoms with E-state index in [0.717, 1.165) is 12.1 Å². The second-order valence-electron chi connectivity index (χ2n) is 4.91. The molecule has 0 saturated carbocycles. The summed E-state index contributed by atoms with van der Waals surface area (Å²) in [4.78, 5) is 0. The molecule has 1 unspecified atom stereocenters. The molecule has 1 heterocycles. The predicted molar refractivity (Wildman–Crippen MR) is 70.1 cm³/mol. The molecular weight excluding hydrogens is 238 g/mol. The lowest BCUT2D eigenvalue weighted by Gasteiger charge is -2.31. The molecule has 98 valence electrons. The first kappa shape index (κ1) is 14.5. The van der Waals surface area contributed by atoms with Gasteiger partial charge in [0.2, 0.25) is 0 Å². The summed E-state index contributed by atoms with van der Waals surface area (Å²) in [6, 6.07) is -0.126. The van der Waals surface area contributed by atoms with Crippen LogP contribution in [0.5, 0.6) is 0 Å². The van der Waals surface area contributed by atoms with Crippen LogP contribution in [-0.4, -0.2) is 23.5 Å². The third kappa shape index (κ3) is 3.21. The third-order valence-electron chi connectivity index (χ3n) is 3.39. The molecule has 0 bridgehead atoms. The number of rotatable bonds is 6. The first-order valence-corrected chi connectivity index (χ1v) is 6.27. The molecule has 0 aromatic carbocycles. The second-order valence-corrected chi connectivity index (χ2v) is 5.32. The van der Waals surface area contributed by atoms with Crippen molar-refractivity contribution in [1.29, 1.82) is 0 Å². The molecular formula is C12H22ClN3O. The highest BCUT2D eigenvalue weighted by atomic mass is 35.5. The molecule has 0 saturated heterocycles. The van der Waals surface area contributed by atoms with Crippen LogP contribution in [0.25, 0.3) is 0 Å². The topological polar surface area (TPSA) is 53.1 Å². The molecule has 17 heavy (non-hydrogen) atoms. The second kappa shape index (κ2) is 5.85. The first-order chi connectivity index (χ1) is 7.94. The van der Waals surface area contributed by atoms with Crippen molar-refractivity contribution in [2.24, 2.45) is 11.1 Å². The van der Waals surface area contributed by atoms with Crippen molar-refractivity contribution in [2.75, 3.05) is 13.7 Å². The van der Waals surface area contributed by atoms with Crippen molar-refractivity contribution in [3.05, 3.63) is 16.9 Å². The number of halogens is 1. The zero-order chi connectivity index (χ0) is 13.1. The molecule has 2 N–H and O–H groups in total. The van der Waals surface area contributed by atoms with E-state index in [0.29, 0.717) is 18.2 Å². The lowest BCUT2D eigenvalue weighted by molar-refractivity contribution is 0.179. The highest BCUT2D eigenvalue weighted by Crippen LogP contribution is 2.37. The summed E-state index contributed by atoms with van der Waals surface area (Å²) in [7, 11) is 1.67. The molecule has 0 aliphatic rings. The van der Waals surface area contributed by atoms with Crippen molar-refractivity contribution in [3.8, 4) is 0 Å². The Morgan fingerprint density at radius 1 is 1.59 bits per heavy atom. The lowest BCUT2D eigenvalue weighted by atomic mass is 9.81. The van der Waals surface area contributed by atoms with Crippen LogP contribution in [0.2, 0.25) is 5.02 Å². The van der Waals surface area contributed by atoms with Gasteiger partial charge >= 0.3 is 0 Å². The summed E-state index contributed by atoms with van der Waals surface area (Å²) in [6.07, 6.45) is 2.64. The van der Waals surface area contributed by atoms with Crippen LogP contribution in [0.4, 0.5) is 0 Å². The molecule has 5 heteroatoms. The van der Waals surface area contributed by atoms with Gasteiger partial charge in [0.1, 0.15) is 0 Å². The van der Waals surface area contributed by atoms with E-state index in [1.807, 2.05) is 4.68 Å². The summed E-state index contributed by atoms with van der Waals surface area (Å²) < 4.78 is 6.90. The Bertz CT molecular complexity index is 363. The van der Waals surface area contributed by atoms with Gasteiger partial charge in [-0.25, -0.2) is 0 Å². The monoisotopic (exact) mass is 259 g/mol. The number of nitrogens with two attached hydrogens (primary N) is 1. The number of nitrogens with zero attached hydrogens (tertiary/aromatic N) is 2. The highest BCUT2D eigenvalue weighted by Gasteiger charge is 2.30.